The van der Waals surface area contributed by atoms with E-state index in [1.54, 1.807) is 24.3 Å². The van der Waals surface area contributed by atoms with Crippen LogP contribution in [0.3, 0.4) is 0 Å². The van der Waals surface area contributed by atoms with E-state index in [-0.39, 0.29) is 11.6 Å². The van der Waals surface area contributed by atoms with E-state index in [2.05, 4.69) is 10.6 Å². The molecule has 0 bridgehead atoms. The molecule has 2 rings (SSSR count). The normalized spacial score (nSPS) is 10.8. The molecule has 0 saturated carbocycles. The molecule has 2 aromatic rings. The van der Waals surface area contributed by atoms with Gasteiger partial charge in [0, 0.05) is 5.69 Å². The molecule has 0 unspecified atom stereocenters. The fourth-order valence-electron chi connectivity index (χ4n) is 1.87. The van der Waals surface area contributed by atoms with Gasteiger partial charge in [-0.2, -0.15) is 8.42 Å². The van der Waals surface area contributed by atoms with Crippen LogP contribution in [0.4, 0.5) is 10.5 Å². The first-order valence-corrected chi connectivity index (χ1v) is 8.80. The van der Waals surface area contributed by atoms with Crippen LogP contribution in [0, 0.1) is 0 Å². The zero-order valence-corrected chi connectivity index (χ0v) is 14.2. The van der Waals surface area contributed by atoms with E-state index in [9.17, 15) is 13.2 Å². The van der Waals surface area contributed by atoms with Gasteiger partial charge < -0.3 is 20.1 Å². The predicted octanol–water partition coefficient (Wildman–Crippen LogP) is 2.49. The number of ether oxygens (including phenoxy) is 2. The van der Waals surface area contributed by atoms with Crippen molar-refractivity contribution in [2.75, 3.05) is 18.7 Å². The minimum Gasteiger partial charge on any atom is -0.494 e. The van der Waals surface area contributed by atoms with Gasteiger partial charge in [0.15, 0.2) is 6.73 Å². The SMILES string of the molecule is CCOc1ccc(OCNC(=O)Nc2ccc(S(=O)(=O)O)cc2)cc1. The maximum atomic E-state index is 11.7. The van der Waals surface area contributed by atoms with Gasteiger partial charge in [0.25, 0.3) is 10.1 Å². The summed E-state index contributed by atoms with van der Waals surface area (Å²) in [5.74, 6) is 1.30. The second-order valence-electron chi connectivity index (χ2n) is 4.82. The fourth-order valence-corrected chi connectivity index (χ4v) is 2.35. The quantitative estimate of drug-likeness (QED) is 0.512. The van der Waals surface area contributed by atoms with E-state index in [4.69, 9.17) is 14.0 Å². The van der Waals surface area contributed by atoms with Crippen LogP contribution in [0.5, 0.6) is 11.5 Å². The van der Waals surface area contributed by atoms with Gasteiger partial charge in [-0.3, -0.25) is 4.55 Å². The first kappa shape index (κ1) is 18.6. The summed E-state index contributed by atoms with van der Waals surface area (Å²) in [5, 5.41) is 5.00. The summed E-state index contributed by atoms with van der Waals surface area (Å²) < 4.78 is 41.4. The molecule has 9 heteroatoms. The van der Waals surface area contributed by atoms with E-state index in [0.29, 0.717) is 18.0 Å². The summed E-state index contributed by atoms with van der Waals surface area (Å²) in [4.78, 5) is 11.5. The first-order chi connectivity index (χ1) is 11.9. The van der Waals surface area contributed by atoms with Gasteiger partial charge in [-0.15, -0.1) is 0 Å². The summed E-state index contributed by atoms with van der Waals surface area (Å²) in [6.45, 7) is 2.42. The average molecular weight is 366 g/mol. The molecule has 0 fully saturated rings. The van der Waals surface area contributed by atoms with Crippen molar-refractivity contribution in [3.8, 4) is 11.5 Å². The van der Waals surface area contributed by atoms with Gasteiger partial charge in [-0.25, -0.2) is 4.79 Å². The van der Waals surface area contributed by atoms with E-state index < -0.39 is 16.1 Å². The zero-order valence-electron chi connectivity index (χ0n) is 13.4. The molecule has 0 saturated heterocycles. The molecule has 134 valence electrons. The Balaban J connectivity index is 1.78. The Kier molecular flexibility index (Phi) is 6.20. The Morgan fingerprint density at radius 2 is 1.56 bits per heavy atom. The van der Waals surface area contributed by atoms with Gasteiger partial charge in [0.2, 0.25) is 0 Å². The van der Waals surface area contributed by atoms with Crippen LogP contribution in [0.1, 0.15) is 6.92 Å². The summed E-state index contributed by atoms with van der Waals surface area (Å²) in [7, 11) is -4.26. The summed E-state index contributed by atoms with van der Waals surface area (Å²) >= 11 is 0. The van der Waals surface area contributed by atoms with Crippen molar-refractivity contribution in [1.29, 1.82) is 0 Å². The van der Waals surface area contributed by atoms with Gasteiger partial charge >= 0.3 is 6.03 Å². The number of hydrogen-bond acceptors (Lipinski definition) is 5. The van der Waals surface area contributed by atoms with Crippen molar-refractivity contribution in [3.05, 3.63) is 48.5 Å². The summed E-state index contributed by atoms with van der Waals surface area (Å²) in [6, 6.07) is 11.5. The second kappa shape index (κ2) is 8.36. The number of rotatable bonds is 7. The Morgan fingerprint density at radius 3 is 2.08 bits per heavy atom. The lowest BCUT2D eigenvalue weighted by Gasteiger charge is -2.10. The maximum absolute atomic E-state index is 11.7. The highest BCUT2D eigenvalue weighted by atomic mass is 32.2. The third-order valence-electron chi connectivity index (χ3n) is 3.02. The third-order valence-corrected chi connectivity index (χ3v) is 3.88. The highest BCUT2D eigenvalue weighted by Crippen LogP contribution is 2.17. The Labute approximate surface area is 145 Å². The monoisotopic (exact) mass is 366 g/mol. The summed E-state index contributed by atoms with van der Waals surface area (Å²) in [5.41, 5.74) is 0.367. The summed E-state index contributed by atoms with van der Waals surface area (Å²) in [6.07, 6.45) is 0. The molecule has 25 heavy (non-hydrogen) atoms. The lowest BCUT2D eigenvalue weighted by molar-refractivity contribution is 0.234. The van der Waals surface area contributed by atoms with E-state index >= 15 is 0 Å². The number of carbonyl (C=O) groups is 1. The number of nitrogens with one attached hydrogen (secondary N) is 2. The predicted molar refractivity (Wildman–Crippen MR) is 91.5 cm³/mol. The molecule has 0 heterocycles. The van der Waals surface area contributed by atoms with Crippen molar-refractivity contribution >= 4 is 21.8 Å². The maximum Gasteiger partial charge on any atom is 0.321 e. The van der Waals surface area contributed by atoms with Gasteiger partial charge in [0.1, 0.15) is 11.5 Å². The van der Waals surface area contributed by atoms with Crippen LogP contribution in [0.15, 0.2) is 53.4 Å². The highest BCUT2D eigenvalue weighted by Gasteiger charge is 2.09. The molecule has 8 nitrogen and oxygen atoms in total. The zero-order chi connectivity index (χ0) is 18.3. The van der Waals surface area contributed by atoms with Crippen LogP contribution in [0.25, 0.3) is 0 Å². The van der Waals surface area contributed by atoms with Gasteiger partial charge in [-0.1, -0.05) is 0 Å². The number of benzene rings is 2. The standard InChI is InChI=1S/C16H18N2O6S/c1-2-23-13-5-7-14(8-6-13)24-11-17-16(19)18-12-3-9-15(10-4-12)25(20,21)22/h3-10H,2,11H2,1H3,(H2,17,18,19)(H,20,21,22). The van der Waals surface area contributed by atoms with Crippen molar-refractivity contribution in [2.24, 2.45) is 0 Å². The largest absolute Gasteiger partial charge is 0.494 e. The molecule has 0 aliphatic carbocycles. The van der Waals surface area contributed by atoms with Crippen LogP contribution in [0.2, 0.25) is 0 Å². The Hall–Kier alpha value is -2.78. The topological polar surface area (TPSA) is 114 Å². The minimum atomic E-state index is -4.26. The number of anilines is 1. The highest BCUT2D eigenvalue weighted by molar-refractivity contribution is 7.85. The molecule has 0 aliphatic heterocycles. The third kappa shape index (κ3) is 5.98. The van der Waals surface area contributed by atoms with Crippen molar-refractivity contribution in [3.63, 3.8) is 0 Å². The molecule has 2 aromatic carbocycles. The number of amides is 2. The smallest absolute Gasteiger partial charge is 0.321 e. The fraction of sp³-hybridized carbons (Fsp3) is 0.188. The molecule has 0 radical (unpaired) electrons. The Morgan fingerprint density at radius 1 is 1.00 bits per heavy atom. The average Bonchev–Trinajstić information content (AvgIpc) is 2.56. The van der Waals surface area contributed by atoms with Crippen LogP contribution < -0.4 is 20.1 Å². The lowest BCUT2D eigenvalue weighted by atomic mass is 10.3. The van der Waals surface area contributed by atoms with Crippen molar-refractivity contribution in [1.82, 2.24) is 5.32 Å². The molecule has 0 atom stereocenters. The van der Waals surface area contributed by atoms with Gasteiger partial charge in [0.05, 0.1) is 11.5 Å². The molecular weight excluding hydrogens is 348 g/mol. The molecule has 3 N–H and O–H groups in total. The minimum absolute atomic E-state index is 0.0527. The molecular formula is C16H18N2O6S. The first-order valence-electron chi connectivity index (χ1n) is 7.36. The van der Waals surface area contributed by atoms with E-state index in [0.717, 1.165) is 5.75 Å². The van der Waals surface area contributed by atoms with E-state index in [1.165, 1.54) is 24.3 Å². The van der Waals surface area contributed by atoms with Gasteiger partial charge in [-0.05, 0) is 55.5 Å². The Bertz CT molecular complexity index is 804. The molecule has 0 spiro atoms. The van der Waals surface area contributed by atoms with Crippen LogP contribution in [-0.2, 0) is 10.1 Å². The van der Waals surface area contributed by atoms with Crippen molar-refractivity contribution in [2.45, 2.75) is 11.8 Å². The number of carbonyl (C=O) groups excluding carboxylic acids is 1. The van der Waals surface area contributed by atoms with E-state index in [1.807, 2.05) is 6.92 Å². The second-order valence-corrected chi connectivity index (χ2v) is 6.24. The molecule has 2 amide bonds. The number of hydrogen-bond donors (Lipinski definition) is 3. The van der Waals surface area contributed by atoms with Crippen LogP contribution in [-0.4, -0.2) is 32.3 Å². The van der Waals surface area contributed by atoms with Crippen molar-refractivity contribution < 1.29 is 27.2 Å². The van der Waals surface area contributed by atoms with Crippen LogP contribution >= 0.6 is 0 Å². The molecule has 0 aromatic heterocycles. The lowest BCUT2D eigenvalue weighted by Crippen LogP contribution is -2.32. The number of urea groups is 1. The molecule has 0 aliphatic rings.